The first-order chi connectivity index (χ1) is 16.4. The van der Waals surface area contributed by atoms with Crippen molar-refractivity contribution in [2.75, 3.05) is 13.2 Å². The number of nitrogens with zero attached hydrogens (tertiary/aromatic N) is 1. The molecule has 1 aliphatic carbocycles. The predicted octanol–water partition coefficient (Wildman–Crippen LogP) is 4.55. The molecule has 1 fully saturated rings. The summed E-state index contributed by atoms with van der Waals surface area (Å²) < 4.78 is 5.63. The van der Waals surface area contributed by atoms with Crippen molar-refractivity contribution in [1.82, 2.24) is 10.2 Å². The van der Waals surface area contributed by atoms with E-state index in [2.05, 4.69) is 29.6 Å². The van der Waals surface area contributed by atoms with Gasteiger partial charge >= 0.3 is 12.1 Å². The van der Waals surface area contributed by atoms with E-state index in [1.165, 1.54) is 4.90 Å². The molecule has 1 aliphatic heterocycles. The van der Waals surface area contributed by atoms with Crippen LogP contribution in [0.4, 0.5) is 4.79 Å². The van der Waals surface area contributed by atoms with E-state index < -0.39 is 23.6 Å². The zero-order valence-electron chi connectivity index (χ0n) is 19.8. The van der Waals surface area contributed by atoms with Crippen LogP contribution in [0.2, 0.25) is 0 Å². The Morgan fingerprint density at radius 3 is 2.32 bits per heavy atom. The quantitative estimate of drug-likeness (QED) is 0.598. The monoisotopic (exact) mass is 464 g/mol. The molecule has 2 amide bonds. The minimum absolute atomic E-state index is 0.0724. The zero-order chi connectivity index (χ0) is 24.3. The fourth-order valence-corrected chi connectivity index (χ4v) is 5.17. The molecular weight excluding hydrogens is 432 g/mol. The number of hydrogen-bond acceptors (Lipinski definition) is 4. The molecule has 4 rings (SSSR count). The van der Waals surface area contributed by atoms with Crippen molar-refractivity contribution in [3.05, 3.63) is 59.7 Å². The van der Waals surface area contributed by atoms with Gasteiger partial charge in [0.15, 0.2) is 0 Å². The Labute approximate surface area is 200 Å². The standard InChI is InChI=1S/C27H32N2O5/c1-3-4-14-23(24(30)29-16-9-15-27(29,2)25(31)32)28-26(33)34-17-22-20-12-7-5-10-18(20)19-11-6-8-13-21(19)22/h5-8,10-13,22-23H,3-4,9,14-17H2,1-2H3,(H,28,33)(H,31,32)/t23?,27-/m1/s1. The molecule has 7 heteroatoms. The molecule has 34 heavy (non-hydrogen) atoms. The number of ether oxygens (including phenoxy) is 1. The summed E-state index contributed by atoms with van der Waals surface area (Å²) >= 11 is 0. The second-order valence-electron chi connectivity index (χ2n) is 9.34. The highest BCUT2D eigenvalue weighted by Gasteiger charge is 2.47. The molecule has 0 saturated carbocycles. The molecule has 0 radical (unpaired) electrons. The molecule has 7 nitrogen and oxygen atoms in total. The van der Waals surface area contributed by atoms with Gasteiger partial charge in [-0.2, -0.15) is 0 Å². The second kappa shape index (κ2) is 9.87. The van der Waals surface area contributed by atoms with Gasteiger partial charge in [-0.3, -0.25) is 4.79 Å². The van der Waals surface area contributed by atoms with Gasteiger partial charge in [0.25, 0.3) is 0 Å². The topological polar surface area (TPSA) is 95.9 Å². The smallest absolute Gasteiger partial charge is 0.407 e. The van der Waals surface area contributed by atoms with Crippen LogP contribution < -0.4 is 5.32 Å². The maximum atomic E-state index is 13.3. The van der Waals surface area contributed by atoms with Crippen LogP contribution >= 0.6 is 0 Å². The van der Waals surface area contributed by atoms with Gasteiger partial charge < -0.3 is 20.1 Å². The Morgan fingerprint density at radius 1 is 1.12 bits per heavy atom. The minimum Gasteiger partial charge on any atom is -0.480 e. The van der Waals surface area contributed by atoms with Gasteiger partial charge in [0.2, 0.25) is 5.91 Å². The Hall–Kier alpha value is -3.35. The highest BCUT2D eigenvalue weighted by molar-refractivity contribution is 5.91. The second-order valence-corrected chi connectivity index (χ2v) is 9.34. The maximum Gasteiger partial charge on any atom is 0.407 e. The molecule has 1 unspecified atom stereocenters. The van der Waals surface area contributed by atoms with Crippen LogP contribution in [-0.2, 0) is 14.3 Å². The summed E-state index contributed by atoms with van der Waals surface area (Å²) in [5, 5.41) is 12.4. The van der Waals surface area contributed by atoms with Gasteiger partial charge in [0.1, 0.15) is 18.2 Å². The first-order valence-electron chi connectivity index (χ1n) is 12.0. The molecule has 2 aromatic carbocycles. The molecule has 2 aliphatic rings. The van der Waals surface area contributed by atoms with Gasteiger partial charge in [0, 0.05) is 12.5 Å². The first kappa shape index (κ1) is 23.8. The fourth-order valence-electron chi connectivity index (χ4n) is 5.17. The van der Waals surface area contributed by atoms with Crippen LogP contribution in [0.3, 0.4) is 0 Å². The third-order valence-corrected chi connectivity index (χ3v) is 7.15. The van der Waals surface area contributed by atoms with E-state index >= 15 is 0 Å². The van der Waals surface area contributed by atoms with Crippen LogP contribution in [0.25, 0.3) is 11.1 Å². The van der Waals surface area contributed by atoms with E-state index in [9.17, 15) is 19.5 Å². The SMILES string of the molecule is CCCCC(NC(=O)OCC1c2ccccc2-c2ccccc21)C(=O)N1CCC[C@]1(C)C(=O)O. The number of hydrogen-bond donors (Lipinski definition) is 2. The Kier molecular flexibility index (Phi) is 6.91. The van der Waals surface area contributed by atoms with Crippen molar-refractivity contribution in [3.63, 3.8) is 0 Å². The number of fused-ring (bicyclic) bond motifs is 3. The van der Waals surface area contributed by atoms with Gasteiger partial charge in [0.05, 0.1) is 0 Å². The van der Waals surface area contributed by atoms with E-state index in [4.69, 9.17) is 4.74 Å². The summed E-state index contributed by atoms with van der Waals surface area (Å²) in [6.07, 6.45) is 2.39. The van der Waals surface area contributed by atoms with Gasteiger partial charge in [-0.05, 0) is 48.4 Å². The lowest BCUT2D eigenvalue weighted by atomic mass is 9.98. The molecule has 2 aromatic rings. The average Bonchev–Trinajstić information content (AvgIpc) is 3.39. The molecular formula is C27H32N2O5. The van der Waals surface area contributed by atoms with Gasteiger partial charge in [-0.25, -0.2) is 9.59 Å². The lowest BCUT2D eigenvalue weighted by molar-refractivity contribution is -0.156. The van der Waals surface area contributed by atoms with E-state index in [1.54, 1.807) is 6.92 Å². The first-order valence-corrected chi connectivity index (χ1v) is 12.0. The van der Waals surface area contributed by atoms with Crippen LogP contribution in [0, 0.1) is 0 Å². The lowest BCUT2D eigenvalue weighted by Gasteiger charge is -2.34. The van der Waals surface area contributed by atoms with Crippen molar-refractivity contribution in [1.29, 1.82) is 0 Å². The largest absolute Gasteiger partial charge is 0.480 e. The number of benzene rings is 2. The van der Waals surface area contributed by atoms with E-state index in [-0.39, 0.29) is 18.4 Å². The number of carboxylic acids is 1. The number of carboxylic acid groups (broad SMARTS) is 1. The van der Waals surface area contributed by atoms with Crippen molar-refractivity contribution < 1.29 is 24.2 Å². The van der Waals surface area contributed by atoms with Crippen molar-refractivity contribution >= 4 is 18.0 Å². The minimum atomic E-state index is -1.25. The summed E-state index contributed by atoms with van der Waals surface area (Å²) in [6, 6.07) is 15.4. The van der Waals surface area contributed by atoms with Crippen LogP contribution in [0.1, 0.15) is 63.0 Å². The highest BCUT2D eigenvalue weighted by atomic mass is 16.5. The lowest BCUT2D eigenvalue weighted by Crippen LogP contribution is -2.57. The number of carbonyl (C=O) groups is 3. The normalized spacial score (nSPS) is 19.9. The third-order valence-electron chi connectivity index (χ3n) is 7.15. The summed E-state index contributed by atoms with van der Waals surface area (Å²) in [5.74, 6) is -1.45. The number of aliphatic carboxylic acids is 1. The summed E-state index contributed by atoms with van der Waals surface area (Å²) in [5.41, 5.74) is 3.27. The molecule has 2 atom stereocenters. The van der Waals surface area contributed by atoms with Crippen molar-refractivity contribution in [3.8, 4) is 11.1 Å². The molecule has 2 N–H and O–H groups in total. The number of alkyl carbamates (subject to hydrolysis) is 1. The molecule has 1 saturated heterocycles. The number of amides is 2. The number of unbranched alkanes of at least 4 members (excludes halogenated alkanes) is 1. The molecule has 180 valence electrons. The van der Waals surface area contributed by atoms with E-state index in [0.717, 1.165) is 35.1 Å². The Balaban J connectivity index is 1.45. The highest BCUT2D eigenvalue weighted by Crippen LogP contribution is 2.44. The van der Waals surface area contributed by atoms with E-state index in [1.807, 2.05) is 31.2 Å². The maximum absolute atomic E-state index is 13.3. The summed E-state index contributed by atoms with van der Waals surface area (Å²) in [7, 11) is 0. The Morgan fingerprint density at radius 2 is 1.74 bits per heavy atom. The van der Waals surface area contributed by atoms with Crippen molar-refractivity contribution in [2.24, 2.45) is 0 Å². The average molecular weight is 465 g/mol. The van der Waals surface area contributed by atoms with Crippen molar-refractivity contribution in [2.45, 2.75) is 63.5 Å². The van der Waals surface area contributed by atoms with Crippen LogP contribution in [0.5, 0.6) is 0 Å². The number of likely N-dealkylation sites (tertiary alicyclic amines) is 1. The van der Waals surface area contributed by atoms with Gasteiger partial charge in [-0.1, -0.05) is 68.3 Å². The molecule has 0 spiro atoms. The van der Waals surface area contributed by atoms with Crippen LogP contribution in [0.15, 0.2) is 48.5 Å². The van der Waals surface area contributed by atoms with Gasteiger partial charge in [-0.15, -0.1) is 0 Å². The Bertz CT molecular complexity index is 1040. The number of rotatable bonds is 8. The predicted molar refractivity (Wildman–Crippen MR) is 129 cm³/mol. The molecule has 0 aromatic heterocycles. The summed E-state index contributed by atoms with van der Waals surface area (Å²) in [6.45, 7) is 4.11. The fraction of sp³-hybridized carbons (Fsp3) is 0.444. The number of nitrogens with one attached hydrogen (secondary N) is 1. The molecule has 1 heterocycles. The van der Waals surface area contributed by atoms with Crippen LogP contribution in [-0.4, -0.2) is 52.7 Å². The van der Waals surface area contributed by atoms with E-state index in [0.29, 0.717) is 25.8 Å². The summed E-state index contributed by atoms with van der Waals surface area (Å²) in [4.78, 5) is 39.3. The zero-order valence-corrected chi connectivity index (χ0v) is 19.8. The molecule has 0 bridgehead atoms. The third kappa shape index (κ3) is 4.39. The number of carbonyl (C=O) groups excluding carboxylic acids is 2.